The van der Waals surface area contributed by atoms with Crippen LogP contribution < -0.4 is 5.32 Å². The largest absolute Gasteiger partial charge is 0.326 e. The summed E-state index contributed by atoms with van der Waals surface area (Å²) in [6, 6.07) is 9.16. The number of benzene rings is 1. The van der Waals surface area contributed by atoms with Crippen molar-refractivity contribution in [3.05, 3.63) is 46.2 Å². The highest BCUT2D eigenvalue weighted by Gasteiger charge is 2.29. The lowest BCUT2D eigenvalue weighted by Gasteiger charge is -2.21. The highest BCUT2D eigenvalue weighted by atomic mass is 32.2. The first-order valence-corrected chi connectivity index (χ1v) is 12.3. The molecule has 0 saturated carbocycles. The maximum Gasteiger partial charge on any atom is 0.243 e. The lowest BCUT2D eigenvalue weighted by Crippen LogP contribution is -2.33. The number of nitrogens with one attached hydrogen (secondary N) is 1. The van der Waals surface area contributed by atoms with Crippen LogP contribution in [0.3, 0.4) is 0 Å². The van der Waals surface area contributed by atoms with Gasteiger partial charge in [0.2, 0.25) is 15.9 Å². The van der Waals surface area contributed by atoms with E-state index in [0.717, 1.165) is 12.2 Å². The third-order valence-electron chi connectivity index (χ3n) is 4.56. The zero-order valence-corrected chi connectivity index (χ0v) is 17.9. The number of anilines is 1. The fraction of sp³-hybridized carbons (Fsp3) is 0.421. The van der Waals surface area contributed by atoms with Gasteiger partial charge in [-0.2, -0.15) is 16.1 Å². The molecule has 1 fully saturated rings. The highest BCUT2D eigenvalue weighted by Crippen LogP contribution is 2.38. The molecule has 1 aliphatic rings. The number of hydrogen-bond acceptors (Lipinski definition) is 5. The molecule has 5 nitrogen and oxygen atoms in total. The maximum absolute atomic E-state index is 13.2. The Morgan fingerprint density at radius 1 is 1.30 bits per heavy atom. The Labute approximate surface area is 169 Å². The van der Waals surface area contributed by atoms with Crippen molar-refractivity contribution in [3.63, 3.8) is 0 Å². The summed E-state index contributed by atoms with van der Waals surface area (Å²) in [5.41, 5.74) is 1.28. The molecule has 1 aliphatic heterocycles. The van der Waals surface area contributed by atoms with Crippen molar-refractivity contribution < 1.29 is 13.2 Å². The molecule has 1 amide bonds. The molecule has 0 spiro atoms. The highest BCUT2D eigenvalue weighted by molar-refractivity contribution is 7.99. The summed E-state index contributed by atoms with van der Waals surface area (Å²) in [6.07, 6.45) is 1.20. The van der Waals surface area contributed by atoms with Gasteiger partial charge in [0.1, 0.15) is 0 Å². The van der Waals surface area contributed by atoms with Crippen molar-refractivity contribution in [2.45, 2.75) is 36.8 Å². The monoisotopic (exact) mass is 424 g/mol. The maximum atomic E-state index is 13.2. The first-order chi connectivity index (χ1) is 12.9. The van der Waals surface area contributed by atoms with Crippen LogP contribution in [0.5, 0.6) is 0 Å². The van der Waals surface area contributed by atoms with E-state index < -0.39 is 10.0 Å². The van der Waals surface area contributed by atoms with E-state index in [-0.39, 0.29) is 5.91 Å². The minimum absolute atomic E-state index is 0.0887. The summed E-state index contributed by atoms with van der Waals surface area (Å²) in [6.45, 7) is 4.59. The quantitative estimate of drug-likeness (QED) is 0.778. The van der Waals surface area contributed by atoms with Crippen molar-refractivity contribution in [1.29, 1.82) is 0 Å². The Morgan fingerprint density at radius 2 is 2.11 bits per heavy atom. The molecule has 1 aromatic carbocycles. The number of nitrogens with zero attached hydrogens (tertiary/aromatic N) is 1. The number of carbonyl (C=O) groups excluding carboxylic acids is 1. The molecule has 1 atom stereocenters. The van der Waals surface area contributed by atoms with E-state index in [1.807, 2.05) is 17.8 Å². The summed E-state index contributed by atoms with van der Waals surface area (Å²) in [5.74, 6) is 0.694. The zero-order chi connectivity index (χ0) is 19.4. The zero-order valence-electron chi connectivity index (χ0n) is 15.5. The molecule has 8 heteroatoms. The van der Waals surface area contributed by atoms with Crippen LogP contribution in [0.4, 0.5) is 5.69 Å². The Balaban J connectivity index is 1.76. The predicted molar refractivity (Wildman–Crippen MR) is 113 cm³/mol. The third kappa shape index (κ3) is 4.74. The first kappa shape index (κ1) is 20.4. The van der Waals surface area contributed by atoms with Crippen LogP contribution in [0.25, 0.3) is 0 Å². The second-order valence-corrected chi connectivity index (χ2v) is 10.6. The number of thiophene rings is 1. The van der Waals surface area contributed by atoms with Crippen LogP contribution in [-0.2, 0) is 14.8 Å². The van der Waals surface area contributed by atoms with Crippen LogP contribution in [0.2, 0.25) is 0 Å². The molecule has 0 bridgehead atoms. The van der Waals surface area contributed by atoms with Gasteiger partial charge >= 0.3 is 0 Å². The topological polar surface area (TPSA) is 66.5 Å². The van der Waals surface area contributed by atoms with Gasteiger partial charge < -0.3 is 5.32 Å². The predicted octanol–water partition coefficient (Wildman–Crippen LogP) is 4.27. The van der Waals surface area contributed by atoms with Crippen molar-refractivity contribution in [2.24, 2.45) is 0 Å². The van der Waals surface area contributed by atoms with Gasteiger partial charge in [0.25, 0.3) is 0 Å². The standard InChI is InChI=1S/C19H24N2O3S3/c1-3-19(22)20-15-6-7-18(14(2)13-15)27(23,24)21-9-8-17(26-12-10-21)16-5-4-11-25-16/h4-7,11,13,17H,3,8-10,12H2,1-2H3,(H,20,22). The van der Waals surface area contributed by atoms with Crippen LogP contribution in [0, 0.1) is 6.92 Å². The minimum atomic E-state index is -3.55. The summed E-state index contributed by atoms with van der Waals surface area (Å²) in [5, 5.41) is 5.20. The molecule has 1 aromatic heterocycles. The SMILES string of the molecule is CCC(=O)Nc1ccc(S(=O)(=O)N2CCSC(c3cccs3)CC2)c(C)c1. The number of hydrogen-bond donors (Lipinski definition) is 1. The molecule has 27 heavy (non-hydrogen) atoms. The molecule has 2 aromatic rings. The summed E-state index contributed by atoms with van der Waals surface area (Å²) >= 11 is 3.56. The van der Waals surface area contributed by atoms with Crippen molar-refractivity contribution in [2.75, 3.05) is 24.2 Å². The molecule has 146 valence electrons. The van der Waals surface area contributed by atoms with E-state index >= 15 is 0 Å². The second kappa shape index (κ2) is 8.77. The number of carbonyl (C=O) groups is 1. The van der Waals surface area contributed by atoms with Crippen molar-refractivity contribution in [3.8, 4) is 0 Å². The summed E-state index contributed by atoms with van der Waals surface area (Å²) in [4.78, 5) is 13.2. The van der Waals surface area contributed by atoms with E-state index in [9.17, 15) is 13.2 Å². The fourth-order valence-electron chi connectivity index (χ4n) is 3.10. The smallest absolute Gasteiger partial charge is 0.243 e. The lowest BCUT2D eigenvalue weighted by molar-refractivity contribution is -0.115. The van der Waals surface area contributed by atoms with Gasteiger partial charge in [-0.1, -0.05) is 13.0 Å². The molecular weight excluding hydrogens is 400 g/mol. The van der Waals surface area contributed by atoms with Crippen LogP contribution in [0.15, 0.2) is 40.6 Å². The molecule has 1 saturated heterocycles. The van der Waals surface area contributed by atoms with E-state index in [1.165, 1.54) is 4.88 Å². The second-order valence-electron chi connectivity index (χ2n) is 6.45. The Bertz CT molecular complexity index is 895. The summed E-state index contributed by atoms with van der Waals surface area (Å²) in [7, 11) is -3.55. The Kier molecular flexibility index (Phi) is 6.62. The van der Waals surface area contributed by atoms with Gasteiger partial charge in [-0.15, -0.1) is 11.3 Å². The lowest BCUT2D eigenvalue weighted by atomic mass is 10.2. The van der Waals surface area contributed by atoms with E-state index in [1.54, 1.807) is 47.7 Å². The van der Waals surface area contributed by atoms with Gasteiger partial charge in [-0.05, 0) is 48.6 Å². The van der Waals surface area contributed by atoms with E-state index in [0.29, 0.717) is 40.9 Å². The van der Waals surface area contributed by atoms with Gasteiger partial charge in [0, 0.05) is 41.1 Å². The average Bonchev–Trinajstić information content (AvgIpc) is 3.05. The van der Waals surface area contributed by atoms with E-state index in [2.05, 4.69) is 16.8 Å². The normalized spacial score (nSPS) is 18.8. The third-order valence-corrected chi connectivity index (χ3v) is 9.06. The number of amides is 1. The molecular formula is C19H24N2O3S3. The van der Waals surface area contributed by atoms with Crippen molar-refractivity contribution >= 4 is 44.7 Å². The molecule has 1 N–H and O–H groups in total. The Hall–Kier alpha value is -1.35. The van der Waals surface area contributed by atoms with Gasteiger partial charge in [0.05, 0.1) is 4.90 Å². The van der Waals surface area contributed by atoms with E-state index in [4.69, 9.17) is 0 Å². The molecule has 2 heterocycles. The molecule has 0 radical (unpaired) electrons. The number of aryl methyl sites for hydroxylation is 1. The fourth-order valence-corrected chi connectivity index (χ4v) is 7.11. The molecule has 0 aliphatic carbocycles. The molecule has 3 rings (SSSR count). The first-order valence-electron chi connectivity index (χ1n) is 8.97. The van der Waals surface area contributed by atoms with Crippen molar-refractivity contribution in [1.82, 2.24) is 4.31 Å². The number of thioether (sulfide) groups is 1. The van der Waals surface area contributed by atoms with Crippen LogP contribution >= 0.6 is 23.1 Å². The number of rotatable bonds is 5. The van der Waals surface area contributed by atoms with Gasteiger partial charge in [-0.3, -0.25) is 4.79 Å². The average molecular weight is 425 g/mol. The Morgan fingerprint density at radius 3 is 2.78 bits per heavy atom. The van der Waals surface area contributed by atoms with Crippen LogP contribution in [-0.4, -0.2) is 37.5 Å². The molecule has 1 unspecified atom stereocenters. The van der Waals surface area contributed by atoms with Gasteiger partial charge in [0.15, 0.2) is 0 Å². The number of sulfonamides is 1. The minimum Gasteiger partial charge on any atom is -0.326 e. The van der Waals surface area contributed by atoms with Gasteiger partial charge in [-0.25, -0.2) is 8.42 Å². The van der Waals surface area contributed by atoms with Crippen LogP contribution in [0.1, 0.15) is 35.5 Å². The summed E-state index contributed by atoms with van der Waals surface area (Å²) < 4.78 is 27.9.